The Morgan fingerprint density at radius 1 is 1.00 bits per heavy atom. The van der Waals surface area contributed by atoms with Crippen molar-refractivity contribution in [1.29, 1.82) is 5.26 Å². The van der Waals surface area contributed by atoms with Crippen LogP contribution in [0.4, 0.5) is 0 Å². The lowest BCUT2D eigenvalue weighted by molar-refractivity contribution is 0.100. The molecule has 0 aliphatic heterocycles. The Labute approximate surface area is 162 Å². The summed E-state index contributed by atoms with van der Waals surface area (Å²) in [7, 11) is 0. The van der Waals surface area contributed by atoms with Crippen molar-refractivity contribution in [3.8, 4) is 28.5 Å². The number of carbonyl (C=O) groups is 1. The topological polar surface area (TPSA) is 109 Å². The number of hydrogen-bond donors (Lipinski definition) is 3. The molecule has 0 spiro atoms. The van der Waals surface area contributed by atoms with Crippen LogP contribution >= 0.6 is 0 Å². The van der Waals surface area contributed by atoms with E-state index in [1.165, 1.54) is 0 Å². The number of primary amides is 1. The van der Waals surface area contributed by atoms with Gasteiger partial charge in [-0.15, -0.1) is 0 Å². The van der Waals surface area contributed by atoms with Gasteiger partial charge in [-0.3, -0.25) is 4.79 Å². The van der Waals surface area contributed by atoms with Gasteiger partial charge in [-0.05, 0) is 46.5 Å². The number of benzene rings is 3. The zero-order chi connectivity index (χ0) is 19.7. The maximum absolute atomic E-state index is 12.0. The van der Waals surface area contributed by atoms with Crippen LogP contribution < -0.4 is 11.5 Å². The number of aromatic nitrogens is 1. The number of rotatable bonds is 4. The molecule has 1 amide bonds. The molecule has 28 heavy (non-hydrogen) atoms. The molecule has 0 saturated heterocycles. The van der Waals surface area contributed by atoms with Crippen molar-refractivity contribution in [3.63, 3.8) is 0 Å². The first kappa shape index (κ1) is 17.5. The average molecular weight is 366 g/mol. The fourth-order valence-corrected chi connectivity index (χ4v) is 3.53. The number of amides is 1. The molecule has 5 N–H and O–H groups in total. The molecule has 0 radical (unpaired) electrons. The summed E-state index contributed by atoms with van der Waals surface area (Å²) in [5.41, 5.74) is 17.9. The zero-order valence-corrected chi connectivity index (χ0v) is 15.1. The Morgan fingerprint density at radius 2 is 1.82 bits per heavy atom. The van der Waals surface area contributed by atoms with Gasteiger partial charge < -0.3 is 16.5 Å². The van der Waals surface area contributed by atoms with E-state index in [2.05, 4.69) is 11.1 Å². The second-order valence-electron chi connectivity index (χ2n) is 6.55. The molecule has 4 rings (SSSR count). The lowest BCUT2D eigenvalue weighted by atomic mass is 9.95. The van der Waals surface area contributed by atoms with Gasteiger partial charge in [0.2, 0.25) is 0 Å². The molecule has 0 bridgehead atoms. The van der Waals surface area contributed by atoms with Crippen LogP contribution in [-0.2, 0) is 6.54 Å². The van der Waals surface area contributed by atoms with E-state index in [1.807, 2.05) is 54.6 Å². The van der Waals surface area contributed by atoms with Gasteiger partial charge in [-0.25, -0.2) is 0 Å². The van der Waals surface area contributed by atoms with Crippen molar-refractivity contribution >= 4 is 16.8 Å². The van der Waals surface area contributed by atoms with Crippen molar-refractivity contribution in [3.05, 3.63) is 83.4 Å². The number of carbonyl (C=O) groups excluding carboxylic acids is 1. The van der Waals surface area contributed by atoms with E-state index in [9.17, 15) is 10.1 Å². The fourth-order valence-electron chi connectivity index (χ4n) is 3.53. The first-order chi connectivity index (χ1) is 13.6. The molecule has 136 valence electrons. The highest BCUT2D eigenvalue weighted by atomic mass is 16.1. The Morgan fingerprint density at radius 3 is 2.57 bits per heavy atom. The molecule has 0 aliphatic rings. The number of fused-ring (bicyclic) bond motifs is 1. The monoisotopic (exact) mass is 366 g/mol. The highest BCUT2D eigenvalue weighted by Crippen LogP contribution is 2.35. The van der Waals surface area contributed by atoms with Crippen molar-refractivity contribution in [1.82, 2.24) is 4.98 Å². The normalized spacial score (nSPS) is 10.7. The molecule has 0 atom stereocenters. The van der Waals surface area contributed by atoms with Gasteiger partial charge in [0.05, 0.1) is 22.7 Å². The van der Waals surface area contributed by atoms with Crippen molar-refractivity contribution in [2.24, 2.45) is 11.5 Å². The number of aromatic amines is 1. The second kappa shape index (κ2) is 7.03. The van der Waals surface area contributed by atoms with E-state index >= 15 is 0 Å². The molecular formula is C23H18N4O. The molecule has 0 fully saturated rings. The average Bonchev–Trinajstić information content (AvgIpc) is 3.18. The molecule has 0 unspecified atom stereocenters. The Hall–Kier alpha value is -3.88. The van der Waals surface area contributed by atoms with Crippen molar-refractivity contribution < 1.29 is 4.79 Å². The van der Waals surface area contributed by atoms with Gasteiger partial charge in [0.15, 0.2) is 0 Å². The van der Waals surface area contributed by atoms with Crippen LogP contribution in [-0.4, -0.2) is 10.9 Å². The van der Waals surface area contributed by atoms with Gasteiger partial charge >= 0.3 is 0 Å². The lowest BCUT2D eigenvalue weighted by Gasteiger charge is -2.10. The molecule has 0 saturated carbocycles. The minimum absolute atomic E-state index is 0.413. The van der Waals surface area contributed by atoms with Gasteiger partial charge in [-0.2, -0.15) is 5.26 Å². The Bertz CT molecular complexity index is 1250. The standard InChI is InChI=1S/C23H18N4O/c24-12-14-4-3-6-15(10-14)21-11-20-18(17-7-2-1-5-16(17)13-25)8-9-19(23(26)28)22(20)27-21/h1-11,27H,13,25H2,(H2,26,28). The third-order valence-corrected chi connectivity index (χ3v) is 4.89. The third-order valence-electron chi connectivity index (χ3n) is 4.89. The molecule has 3 aromatic carbocycles. The summed E-state index contributed by atoms with van der Waals surface area (Å²) >= 11 is 0. The number of nitrogens with one attached hydrogen (secondary N) is 1. The first-order valence-electron chi connectivity index (χ1n) is 8.86. The predicted molar refractivity (Wildman–Crippen MR) is 110 cm³/mol. The SMILES string of the molecule is N#Cc1cccc(-c2cc3c(-c4ccccc4CN)ccc(C(N)=O)c3[nH]2)c1. The molecule has 1 heterocycles. The van der Waals surface area contributed by atoms with E-state index in [0.717, 1.165) is 33.3 Å². The van der Waals surface area contributed by atoms with E-state index in [1.54, 1.807) is 12.1 Å². The first-order valence-corrected chi connectivity index (χ1v) is 8.86. The van der Waals surface area contributed by atoms with E-state index < -0.39 is 5.91 Å². The summed E-state index contributed by atoms with van der Waals surface area (Å²) in [5.74, 6) is -0.497. The Balaban J connectivity index is 2.01. The number of nitrogens with two attached hydrogens (primary N) is 2. The Kier molecular flexibility index (Phi) is 4.40. The molecule has 0 aliphatic carbocycles. The van der Waals surface area contributed by atoms with Crippen LogP contribution in [0.3, 0.4) is 0 Å². The molecule has 4 aromatic rings. The summed E-state index contributed by atoms with van der Waals surface area (Å²) in [6, 6.07) is 23.0. The smallest absolute Gasteiger partial charge is 0.250 e. The highest BCUT2D eigenvalue weighted by molar-refractivity contribution is 6.10. The molecule has 5 nitrogen and oxygen atoms in total. The van der Waals surface area contributed by atoms with Gasteiger partial charge in [0.1, 0.15) is 0 Å². The summed E-state index contributed by atoms with van der Waals surface area (Å²) < 4.78 is 0. The van der Waals surface area contributed by atoms with Gasteiger partial charge in [-0.1, -0.05) is 42.5 Å². The summed E-state index contributed by atoms with van der Waals surface area (Å²) in [5, 5.41) is 10.1. The van der Waals surface area contributed by atoms with Crippen LogP contribution in [0.15, 0.2) is 66.7 Å². The number of hydrogen-bond acceptors (Lipinski definition) is 3. The number of nitriles is 1. The quantitative estimate of drug-likeness (QED) is 0.509. The fraction of sp³-hybridized carbons (Fsp3) is 0.0435. The van der Waals surface area contributed by atoms with Crippen LogP contribution in [0.5, 0.6) is 0 Å². The second-order valence-corrected chi connectivity index (χ2v) is 6.55. The van der Waals surface area contributed by atoms with Gasteiger partial charge in [0, 0.05) is 17.6 Å². The largest absolute Gasteiger partial charge is 0.366 e. The lowest BCUT2D eigenvalue weighted by Crippen LogP contribution is -2.11. The van der Waals surface area contributed by atoms with E-state index in [0.29, 0.717) is 23.2 Å². The minimum atomic E-state index is -0.497. The molecular weight excluding hydrogens is 348 g/mol. The van der Waals surface area contributed by atoms with Crippen LogP contribution in [0, 0.1) is 11.3 Å². The van der Waals surface area contributed by atoms with Crippen LogP contribution in [0.2, 0.25) is 0 Å². The van der Waals surface area contributed by atoms with Crippen LogP contribution in [0.25, 0.3) is 33.3 Å². The van der Waals surface area contributed by atoms with Crippen molar-refractivity contribution in [2.45, 2.75) is 6.54 Å². The minimum Gasteiger partial charge on any atom is -0.366 e. The summed E-state index contributed by atoms with van der Waals surface area (Å²) in [6.45, 7) is 0.413. The van der Waals surface area contributed by atoms with Gasteiger partial charge in [0.25, 0.3) is 5.91 Å². The number of nitrogens with zero attached hydrogens (tertiary/aromatic N) is 1. The summed E-state index contributed by atoms with van der Waals surface area (Å²) in [6.07, 6.45) is 0. The maximum atomic E-state index is 12.0. The van der Waals surface area contributed by atoms with E-state index in [-0.39, 0.29) is 0 Å². The summed E-state index contributed by atoms with van der Waals surface area (Å²) in [4.78, 5) is 15.3. The zero-order valence-electron chi connectivity index (χ0n) is 15.1. The molecule has 5 heteroatoms. The predicted octanol–water partition coefficient (Wildman–Crippen LogP) is 3.93. The maximum Gasteiger partial charge on any atom is 0.250 e. The molecule has 1 aromatic heterocycles. The van der Waals surface area contributed by atoms with Crippen molar-refractivity contribution in [2.75, 3.05) is 0 Å². The number of H-pyrrole nitrogens is 1. The van der Waals surface area contributed by atoms with Crippen LogP contribution in [0.1, 0.15) is 21.5 Å². The third kappa shape index (κ3) is 2.92. The highest BCUT2D eigenvalue weighted by Gasteiger charge is 2.16. The van der Waals surface area contributed by atoms with E-state index in [4.69, 9.17) is 11.5 Å².